The maximum Gasteiger partial charge on any atom is 0.240 e. The third kappa shape index (κ3) is 9.30. The number of carbonyl (C=O) groups is 1. The second-order valence-electron chi connectivity index (χ2n) is 13.5. The number of halogens is 1. The van der Waals surface area contributed by atoms with Crippen LogP contribution in [0.2, 0.25) is 0 Å². The Hall–Kier alpha value is -0.920. The summed E-state index contributed by atoms with van der Waals surface area (Å²) in [5.74, 6) is 6.35. The molecule has 3 aliphatic carbocycles. The summed E-state index contributed by atoms with van der Waals surface area (Å²) >= 11 is 6.48. The van der Waals surface area contributed by atoms with Crippen molar-refractivity contribution in [3.63, 3.8) is 0 Å². The predicted molar refractivity (Wildman–Crippen MR) is 166 cm³/mol. The van der Waals surface area contributed by atoms with E-state index in [1.165, 1.54) is 32.1 Å². The molecule has 4 rings (SSSR count). The normalized spacial score (nSPS) is 34.5. The van der Waals surface area contributed by atoms with Crippen molar-refractivity contribution in [1.82, 2.24) is 15.3 Å². The molecule has 0 aromatic carbocycles. The summed E-state index contributed by atoms with van der Waals surface area (Å²) in [5, 5.41) is 36.2. The van der Waals surface area contributed by atoms with Crippen molar-refractivity contribution in [3.8, 4) is 11.8 Å². The van der Waals surface area contributed by atoms with Gasteiger partial charge in [-0.05, 0) is 77.8 Å². The van der Waals surface area contributed by atoms with Gasteiger partial charge in [0, 0.05) is 42.3 Å². The average Bonchev–Trinajstić information content (AvgIpc) is 3.37. The fraction of sp³-hybridized carbons (Fsp3) is 0.909. The van der Waals surface area contributed by atoms with E-state index in [1.54, 1.807) is 12.0 Å². The Morgan fingerprint density at radius 2 is 1.81 bits per heavy atom. The molecule has 4 fully saturated rings. The first-order valence-corrected chi connectivity index (χ1v) is 17.3. The van der Waals surface area contributed by atoms with Crippen LogP contribution >= 0.6 is 11.6 Å². The molecule has 3 saturated carbocycles. The summed E-state index contributed by atoms with van der Waals surface area (Å²) in [4.78, 5) is 22.1. The molecule has 5 unspecified atom stereocenters. The number of aliphatic hydroxyl groups is 3. The van der Waals surface area contributed by atoms with Crippen LogP contribution in [0, 0.1) is 35.5 Å². The zero-order chi connectivity index (χ0) is 30.1. The Morgan fingerprint density at radius 3 is 2.52 bits per heavy atom. The van der Waals surface area contributed by atoms with E-state index in [9.17, 15) is 20.1 Å². The standard InChI is InChI=1S/C33H56ClN3O5/c1-23(39)31-30(22-38)42-37(32(31)33(41)35-18-9-19-36(2)26-12-4-3-5-13-26)21-25-11-8-10-24(20-25)16-17-29(40)27-14-6-7-15-28(27)34/h23-32,38-40H,3-15,18-22H2,1-2H3,(H,35,41)/t23-,24?,25?,27?,28?,29?,30-,31+,32-/m1/s1. The van der Waals surface area contributed by atoms with Crippen LogP contribution in [0.25, 0.3) is 0 Å². The molecule has 0 radical (unpaired) electrons. The van der Waals surface area contributed by atoms with Gasteiger partial charge in [0.25, 0.3) is 0 Å². The summed E-state index contributed by atoms with van der Waals surface area (Å²) in [6, 6.07) is -0.00616. The number of amides is 1. The van der Waals surface area contributed by atoms with Crippen molar-refractivity contribution in [1.29, 1.82) is 0 Å². The molecule has 42 heavy (non-hydrogen) atoms. The molecule has 0 aromatic heterocycles. The highest BCUT2D eigenvalue weighted by atomic mass is 35.5. The molecule has 4 N–H and O–H groups in total. The van der Waals surface area contributed by atoms with Gasteiger partial charge < -0.3 is 25.5 Å². The largest absolute Gasteiger partial charge is 0.394 e. The molecule has 0 aromatic rings. The number of carbonyl (C=O) groups excluding carboxylic acids is 1. The molecule has 1 saturated heterocycles. The van der Waals surface area contributed by atoms with Gasteiger partial charge in [-0.1, -0.05) is 50.4 Å². The molecule has 1 amide bonds. The van der Waals surface area contributed by atoms with Crippen LogP contribution in [0.3, 0.4) is 0 Å². The van der Waals surface area contributed by atoms with Crippen LogP contribution in [0.1, 0.15) is 96.8 Å². The fourth-order valence-electron chi connectivity index (χ4n) is 7.87. The Balaban J connectivity index is 1.32. The smallest absolute Gasteiger partial charge is 0.240 e. The third-order valence-electron chi connectivity index (χ3n) is 10.4. The van der Waals surface area contributed by atoms with Crippen LogP contribution in [0.4, 0.5) is 0 Å². The van der Waals surface area contributed by atoms with Crippen molar-refractivity contribution in [3.05, 3.63) is 0 Å². The number of aliphatic hydroxyl groups excluding tert-OH is 3. The Morgan fingerprint density at radius 1 is 1.07 bits per heavy atom. The maximum absolute atomic E-state index is 13.5. The maximum atomic E-state index is 13.5. The van der Waals surface area contributed by atoms with Crippen LogP contribution < -0.4 is 5.32 Å². The lowest BCUT2D eigenvalue weighted by Gasteiger charge is -2.33. The van der Waals surface area contributed by atoms with Gasteiger partial charge in [-0.2, -0.15) is 5.06 Å². The number of nitrogens with one attached hydrogen (secondary N) is 1. The summed E-state index contributed by atoms with van der Waals surface area (Å²) in [7, 11) is 2.19. The quantitative estimate of drug-likeness (QED) is 0.161. The number of hydrogen-bond acceptors (Lipinski definition) is 7. The summed E-state index contributed by atoms with van der Waals surface area (Å²) in [5.41, 5.74) is 0. The fourth-order valence-corrected chi connectivity index (χ4v) is 8.29. The molecule has 1 heterocycles. The van der Waals surface area contributed by atoms with Gasteiger partial charge in [0.2, 0.25) is 5.91 Å². The minimum Gasteiger partial charge on any atom is -0.394 e. The van der Waals surface area contributed by atoms with Gasteiger partial charge in [-0.15, -0.1) is 11.6 Å². The second-order valence-corrected chi connectivity index (χ2v) is 14.1. The molecule has 9 atom stereocenters. The van der Waals surface area contributed by atoms with Gasteiger partial charge in [-0.25, -0.2) is 0 Å². The van der Waals surface area contributed by atoms with E-state index in [4.69, 9.17) is 16.4 Å². The van der Waals surface area contributed by atoms with Gasteiger partial charge in [-0.3, -0.25) is 9.63 Å². The highest BCUT2D eigenvalue weighted by Gasteiger charge is 2.49. The van der Waals surface area contributed by atoms with Gasteiger partial charge in [0.15, 0.2) is 0 Å². The number of alkyl halides is 1. The topological polar surface area (TPSA) is 105 Å². The lowest BCUT2D eigenvalue weighted by molar-refractivity contribution is -0.183. The average molecular weight is 610 g/mol. The number of hydrogen-bond donors (Lipinski definition) is 4. The highest BCUT2D eigenvalue weighted by molar-refractivity contribution is 6.20. The number of rotatable bonds is 11. The zero-order valence-electron chi connectivity index (χ0n) is 25.9. The van der Waals surface area contributed by atoms with Crippen molar-refractivity contribution in [2.75, 3.05) is 33.3 Å². The minimum atomic E-state index is -0.794. The Bertz CT molecular complexity index is 891. The Labute approximate surface area is 258 Å². The zero-order valence-corrected chi connectivity index (χ0v) is 26.7. The number of nitrogens with zero attached hydrogens (tertiary/aromatic N) is 2. The van der Waals surface area contributed by atoms with Crippen LogP contribution in [0.5, 0.6) is 0 Å². The van der Waals surface area contributed by atoms with E-state index in [0.29, 0.717) is 19.1 Å². The van der Waals surface area contributed by atoms with Gasteiger partial charge in [0.05, 0.1) is 12.7 Å². The summed E-state index contributed by atoms with van der Waals surface area (Å²) in [6.45, 7) is 3.50. The van der Waals surface area contributed by atoms with E-state index < -0.39 is 30.3 Å². The van der Waals surface area contributed by atoms with E-state index in [0.717, 1.165) is 64.3 Å². The lowest BCUT2D eigenvalue weighted by atomic mass is 9.80. The molecule has 9 heteroatoms. The highest BCUT2D eigenvalue weighted by Crippen LogP contribution is 2.36. The monoisotopic (exact) mass is 609 g/mol. The minimum absolute atomic E-state index is 0.00307. The lowest BCUT2D eigenvalue weighted by Crippen LogP contribution is -2.50. The Kier molecular flexibility index (Phi) is 13.7. The molecule has 8 nitrogen and oxygen atoms in total. The molecular weight excluding hydrogens is 554 g/mol. The number of hydroxylamine groups is 2. The van der Waals surface area contributed by atoms with E-state index in [1.807, 2.05) is 0 Å². The van der Waals surface area contributed by atoms with Crippen LogP contribution in [0.15, 0.2) is 0 Å². The van der Waals surface area contributed by atoms with Gasteiger partial charge >= 0.3 is 0 Å². The van der Waals surface area contributed by atoms with E-state index >= 15 is 0 Å². The van der Waals surface area contributed by atoms with Crippen LogP contribution in [-0.4, -0.2) is 100 Å². The summed E-state index contributed by atoms with van der Waals surface area (Å²) < 4.78 is 0. The molecule has 0 spiro atoms. The molecular formula is C33H56ClN3O5. The van der Waals surface area contributed by atoms with E-state index in [2.05, 4.69) is 29.1 Å². The van der Waals surface area contributed by atoms with Crippen molar-refractivity contribution < 1.29 is 25.0 Å². The van der Waals surface area contributed by atoms with Crippen molar-refractivity contribution in [2.24, 2.45) is 23.7 Å². The van der Waals surface area contributed by atoms with E-state index in [-0.39, 0.29) is 35.6 Å². The summed E-state index contributed by atoms with van der Waals surface area (Å²) in [6.07, 6.45) is 13.3. The molecule has 0 bridgehead atoms. The van der Waals surface area contributed by atoms with Crippen molar-refractivity contribution >= 4 is 17.5 Å². The molecule has 4 aliphatic rings. The SMILES string of the molecule is C[C@@H](O)[C@H]1[C@@H](CO)ON(CC2CCCC(C#CC(O)C3CCCCC3Cl)C2)[C@H]1C(=O)NCCCN(C)C1CCCCC1. The van der Waals surface area contributed by atoms with Crippen molar-refractivity contribution in [2.45, 2.75) is 133 Å². The first-order chi connectivity index (χ1) is 20.3. The first-order valence-electron chi connectivity index (χ1n) is 16.8. The second kappa shape index (κ2) is 17.0. The van der Waals surface area contributed by atoms with Gasteiger partial charge in [0.1, 0.15) is 18.2 Å². The third-order valence-corrected chi connectivity index (χ3v) is 10.9. The molecule has 1 aliphatic heterocycles. The predicted octanol–water partition coefficient (Wildman–Crippen LogP) is 3.70. The van der Waals surface area contributed by atoms with Crippen LogP contribution in [-0.2, 0) is 9.63 Å². The molecule has 240 valence electrons. The first kappa shape index (κ1) is 34.0.